The largest absolute Gasteiger partial charge is 0.367 e. The van der Waals surface area contributed by atoms with E-state index in [1.165, 1.54) is 0 Å². The molecule has 1 amide bonds. The van der Waals surface area contributed by atoms with Gasteiger partial charge in [0.1, 0.15) is 0 Å². The van der Waals surface area contributed by atoms with Crippen molar-refractivity contribution in [3.8, 4) is 0 Å². The molecule has 0 aliphatic carbocycles. The van der Waals surface area contributed by atoms with Crippen LogP contribution in [0.3, 0.4) is 0 Å². The standard InChI is InChI=1S/C17H26N2O2/c1-14(2)13-18-9-11-19(12-10-18)17(20)16(21-3)15-7-5-4-6-8-15/h4-8,14,16H,9-13H2,1-3H3. The highest BCUT2D eigenvalue weighted by atomic mass is 16.5. The summed E-state index contributed by atoms with van der Waals surface area (Å²) in [6.07, 6.45) is -0.483. The van der Waals surface area contributed by atoms with Crippen LogP contribution in [-0.2, 0) is 9.53 Å². The van der Waals surface area contributed by atoms with Crippen LogP contribution in [0.25, 0.3) is 0 Å². The Morgan fingerprint density at radius 2 is 1.76 bits per heavy atom. The Morgan fingerprint density at radius 3 is 2.29 bits per heavy atom. The molecular formula is C17H26N2O2. The Kier molecular flexibility index (Phi) is 5.76. The minimum absolute atomic E-state index is 0.0768. The fourth-order valence-electron chi connectivity index (χ4n) is 2.84. The maximum Gasteiger partial charge on any atom is 0.256 e. The monoisotopic (exact) mass is 290 g/mol. The van der Waals surface area contributed by atoms with Crippen LogP contribution in [0.4, 0.5) is 0 Å². The van der Waals surface area contributed by atoms with E-state index in [4.69, 9.17) is 4.74 Å². The van der Waals surface area contributed by atoms with Crippen molar-refractivity contribution in [2.24, 2.45) is 5.92 Å². The van der Waals surface area contributed by atoms with Crippen LogP contribution in [0, 0.1) is 5.92 Å². The molecule has 1 aromatic rings. The van der Waals surface area contributed by atoms with Crippen molar-refractivity contribution in [2.45, 2.75) is 20.0 Å². The molecule has 21 heavy (non-hydrogen) atoms. The highest BCUT2D eigenvalue weighted by Crippen LogP contribution is 2.20. The van der Waals surface area contributed by atoms with E-state index in [-0.39, 0.29) is 5.91 Å². The molecule has 1 aromatic carbocycles. The van der Waals surface area contributed by atoms with Crippen LogP contribution >= 0.6 is 0 Å². The lowest BCUT2D eigenvalue weighted by Gasteiger charge is -2.36. The topological polar surface area (TPSA) is 32.8 Å². The van der Waals surface area contributed by atoms with Gasteiger partial charge < -0.3 is 9.64 Å². The Bertz CT molecular complexity index is 439. The molecule has 4 heteroatoms. The van der Waals surface area contributed by atoms with Crippen LogP contribution in [0.5, 0.6) is 0 Å². The van der Waals surface area contributed by atoms with Gasteiger partial charge >= 0.3 is 0 Å². The number of hydrogen-bond donors (Lipinski definition) is 0. The quantitative estimate of drug-likeness (QED) is 0.833. The molecule has 1 aliphatic rings. The third-order valence-corrected chi connectivity index (χ3v) is 3.87. The zero-order valence-electron chi connectivity index (χ0n) is 13.3. The third kappa shape index (κ3) is 4.29. The fraction of sp³-hybridized carbons (Fsp3) is 0.588. The number of carbonyl (C=O) groups is 1. The second-order valence-electron chi connectivity index (χ2n) is 6.05. The van der Waals surface area contributed by atoms with E-state index in [9.17, 15) is 4.79 Å². The van der Waals surface area contributed by atoms with Gasteiger partial charge in [-0.2, -0.15) is 0 Å². The molecule has 4 nitrogen and oxygen atoms in total. The summed E-state index contributed by atoms with van der Waals surface area (Å²) in [6, 6.07) is 9.72. The summed E-state index contributed by atoms with van der Waals surface area (Å²) >= 11 is 0. The van der Waals surface area contributed by atoms with Crippen LogP contribution in [0.1, 0.15) is 25.5 Å². The second kappa shape index (κ2) is 7.57. The van der Waals surface area contributed by atoms with E-state index in [1.807, 2.05) is 35.2 Å². The van der Waals surface area contributed by atoms with Crippen molar-refractivity contribution >= 4 is 5.91 Å². The van der Waals surface area contributed by atoms with E-state index < -0.39 is 6.10 Å². The fourth-order valence-corrected chi connectivity index (χ4v) is 2.84. The molecule has 0 bridgehead atoms. The molecule has 0 saturated carbocycles. The van der Waals surface area contributed by atoms with Gasteiger partial charge in [0.2, 0.25) is 0 Å². The number of rotatable bonds is 5. The number of hydrogen-bond acceptors (Lipinski definition) is 3. The van der Waals surface area contributed by atoms with Crippen molar-refractivity contribution in [1.82, 2.24) is 9.80 Å². The van der Waals surface area contributed by atoms with Crippen molar-refractivity contribution in [3.05, 3.63) is 35.9 Å². The van der Waals surface area contributed by atoms with Gasteiger partial charge in [-0.05, 0) is 11.5 Å². The molecule has 1 heterocycles. The smallest absolute Gasteiger partial charge is 0.256 e. The van der Waals surface area contributed by atoms with Crippen LogP contribution < -0.4 is 0 Å². The predicted octanol–water partition coefficient (Wildman–Crippen LogP) is 2.17. The highest BCUT2D eigenvalue weighted by molar-refractivity contribution is 5.82. The van der Waals surface area contributed by atoms with Crippen molar-refractivity contribution in [1.29, 1.82) is 0 Å². The highest BCUT2D eigenvalue weighted by Gasteiger charge is 2.28. The SMILES string of the molecule is COC(C(=O)N1CCN(CC(C)C)CC1)c1ccccc1. The lowest BCUT2D eigenvalue weighted by molar-refractivity contribution is -0.144. The Balaban J connectivity index is 1.94. The Morgan fingerprint density at radius 1 is 1.14 bits per heavy atom. The maximum absolute atomic E-state index is 12.6. The summed E-state index contributed by atoms with van der Waals surface area (Å²) in [5.74, 6) is 0.746. The van der Waals surface area contributed by atoms with Gasteiger partial charge in [0.15, 0.2) is 6.10 Å². The molecule has 1 aliphatic heterocycles. The van der Waals surface area contributed by atoms with Gasteiger partial charge in [0, 0.05) is 39.8 Å². The average molecular weight is 290 g/mol. The molecule has 0 N–H and O–H groups in total. The van der Waals surface area contributed by atoms with E-state index in [0.29, 0.717) is 5.92 Å². The zero-order chi connectivity index (χ0) is 15.2. The molecule has 1 atom stereocenters. The summed E-state index contributed by atoms with van der Waals surface area (Å²) < 4.78 is 5.44. The molecule has 1 saturated heterocycles. The van der Waals surface area contributed by atoms with Crippen LogP contribution in [-0.4, -0.2) is 55.5 Å². The number of carbonyl (C=O) groups excluding carboxylic acids is 1. The van der Waals surface area contributed by atoms with Crippen molar-refractivity contribution < 1.29 is 9.53 Å². The average Bonchev–Trinajstić information content (AvgIpc) is 2.49. The first kappa shape index (κ1) is 16.0. The van der Waals surface area contributed by atoms with Crippen LogP contribution in [0.2, 0.25) is 0 Å². The lowest BCUT2D eigenvalue weighted by Crippen LogP contribution is -2.50. The van der Waals surface area contributed by atoms with E-state index >= 15 is 0 Å². The van der Waals surface area contributed by atoms with Gasteiger partial charge in [-0.1, -0.05) is 44.2 Å². The summed E-state index contributed by atoms with van der Waals surface area (Å²) in [4.78, 5) is 17.0. The summed E-state index contributed by atoms with van der Waals surface area (Å²) in [7, 11) is 1.60. The molecule has 1 fully saturated rings. The number of methoxy groups -OCH3 is 1. The normalized spacial score (nSPS) is 18.0. The van der Waals surface area contributed by atoms with Crippen LogP contribution in [0.15, 0.2) is 30.3 Å². The van der Waals surface area contributed by atoms with Gasteiger partial charge in [-0.15, -0.1) is 0 Å². The molecule has 116 valence electrons. The third-order valence-electron chi connectivity index (χ3n) is 3.87. The molecular weight excluding hydrogens is 264 g/mol. The molecule has 0 radical (unpaired) electrons. The van der Waals surface area contributed by atoms with Crippen molar-refractivity contribution in [2.75, 3.05) is 39.8 Å². The van der Waals surface area contributed by atoms with E-state index in [2.05, 4.69) is 18.7 Å². The first-order valence-electron chi connectivity index (χ1n) is 7.70. The molecule has 1 unspecified atom stereocenters. The predicted molar refractivity (Wildman–Crippen MR) is 84.1 cm³/mol. The molecule has 2 rings (SSSR count). The lowest BCUT2D eigenvalue weighted by atomic mass is 10.1. The van der Waals surface area contributed by atoms with Gasteiger partial charge in [0.25, 0.3) is 5.91 Å². The first-order chi connectivity index (χ1) is 10.1. The van der Waals surface area contributed by atoms with Gasteiger partial charge in [-0.3, -0.25) is 9.69 Å². The summed E-state index contributed by atoms with van der Waals surface area (Å²) in [5.41, 5.74) is 0.926. The number of amides is 1. The van der Waals surface area contributed by atoms with E-state index in [1.54, 1.807) is 7.11 Å². The summed E-state index contributed by atoms with van der Waals surface area (Å²) in [6.45, 7) is 9.05. The minimum atomic E-state index is -0.483. The minimum Gasteiger partial charge on any atom is -0.367 e. The first-order valence-corrected chi connectivity index (χ1v) is 7.70. The zero-order valence-corrected chi connectivity index (χ0v) is 13.3. The number of nitrogens with zero attached hydrogens (tertiary/aromatic N) is 2. The summed E-state index contributed by atoms with van der Waals surface area (Å²) in [5, 5.41) is 0. The van der Waals surface area contributed by atoms with E-state index in [0.717, 1.165) is 38.3 Å². The van der Waals surface area contributed by atoms with Gasteiger partial charge in [0.05, 0.1) is 0 Å². The molecule has 0 spiro atoms. The number of benzene rings is 1. The van der Waals surface area contributed by atoms with Gasteiger partial charge in [-0.25, -0.2) is 0 Å². The van der Waals surface area contributed by atoms with Crippen molar-refractivity contribution in [3.63, 3.8) is 0 Å². The Labute approximate surface area is 127 Å². The molecule has 0 aromatic heterocycles. The number of ether oxygens (including phenoxy) is 1. The second-order valence-corrected chi connectivity index (χ2v) is 6.05. The maximum atomic E-state index is 12.6. The number of piperazine rings is 1. The Hall–Kier alpha value is -1.39.